The average Bonchev–Trinajstić information content (AvgIpc) is 3.46. The first-order valence-electron chi connectivity index (χ1n) is 32.1. The summed E-state index contributed by atoms with van der Waals surface area (Å²) in [6.45, 7) is 6.32. The van der Waals surface area contributed by atoms with Crippen molar-refractivity contribution in [1.82, 2.24) is 0 Å². The van der Waals surface area contributed by atoms with Crippen molar-refractivity contribution < 1.29 is 28.6 Å². The molecule has 0 saturated heterocycles. The normalized spacial score (nSPS) is 13.3. The molecular weight excluding hydrogens is 985 g/mol. The molecule has 0 spiro atoms. The lowest BCUT2D eigenvalue weighted by Gasteiger charge is -2.18. The van der Waals surface area contributed by atoms with Crippen LogP contribution in [0.1, 0.15) is 258 Å². The summed E-state index contributed by atoms with van der Waals surface area (Å²) in [6, 6.07) is 0. The summed E-state index contributed by atoms with van der Waals surface area (Å²) in [6.07, 6.45) is 98.0. The van der Waals surface area contributed by atoms with Crippen LogP contribution in [0.3, 0.4) is 0 Å². The van der Waals surface area contributed by atoms with Gasteiger partial charge in [-0.3, -0.25) is 14.4 Å². The zero-order valence-electron chi connectivity index (χ0n) is 51.3. The molecule has 0 rings (SSSR count). The van der Waals surface area contributed by atoms with Gasteiger partial charge in [0.05, 0.1) is 0 Å². The summed E-state index contributed by atoms with van der Waals surface area (Å²) < 4.78 is 16.8. The van der Waals surface area contributed by atoms with Gasteiger partial charge >= 0.3 is 17.9 Å². The Morgan fingerprint density at radius 2 is 0.487 bits per heavy atom. The topological polar surface area (TPSA) is 78.9 Å². The molecule has 6 nitrogen and oxygen atoms in total. The second-order valence-electron chi connectivity index (χ2n) is 20.5. The third kappa shape index (κ3) is 63.6. The van der Waals surface area contributed by atoms with Crippen molar-refractivity contribution in [2.24, 2.45) is 0 Å². The van der Waals surface area contributed by atoms with Gasteiger partial charge in [0, 0.05) is 19.3 Å². The Labute approximate surface area is 492 Å². The van der Waals surface area contributed by atoms with E-state index in [0.29, 0.717) is 19.3 Å². The van der Waals surface area contributed by atoms with Gasteiger partial charge in [0.1, 0.15) is 13.2 Å². The van der Waals surface area contributed by atoms with Crippen LogP contribution in [0.15, 0.2) is 170 Å². The number of allylic oxidation sites excluding steroid dienone is 28. The van der Waals surface area contributed by atoms with Crippen molar-refractivity contribution in [2.75, 3.05) is 13.2 Å². The molecule has 0 aromatic carbocycles. The Morgan fingerprint density at radius 1 is 0.263 bits per heavy atom. The SMILES string of the molecule is CC/C=C\C/C=C\C/C=C\C/C=C\C/C=C\C/C=C\C/C=C\C/C=C\C/C=C\CCCCCCCCCC(=O)OCC(COC(=O)CCCCCCC/C=C\CCCCC)OC(=O)CCCC/C=C\C/C=C\C/C=C\C/C=C\CC. The molecule has 0 radical (unpaired) electrons. The van der Waals surface area contributed by atoms with E-state index in [1.54, 1.807) is 0 Å². The van der Waals surface area contributed by atoms with Crippen LogP contribution in [0.5, 0.6) is 0 Å². The minimum atomic E-state index is -0.816. The van der Waals surface area contributed by atoms with E-state index in [0.717, 1.165) is 154 Å². The fraction of sp³-hybridized carbons (Fsp3) is 0.581. The second-order valence-corrected chi connectivity index (χ2v) is 20.5. The Bertz CT molecular complexity index is 1840. The quantitative estimate of drug-likeness (QED) is 0.0261. The lowest BCUT2D eigenvalue weighted by molar-refractivity contribution is -0.167. The van der Waals surface area contributed by atoms with E-state index in [2.05, 4.69) is 191 Å². The Balaban J connectivity index is 4.30. The minimum absolute atomic E-state index is 0.109. The van der Waals surface area contributed by atoms with Gasteiger partial charge < -0.3 is 14.2 Å². The average molecular weight is 1100 g/mol. The summed E-state index contributed by atoms with van der Waals surface area (Å²) in [5.41, 5.74) is 0. The van der Waals surface area contributed by atoms with Gasteiger partial charge in [-0.1, -0.05) is 255 Å². The van der Waals surface area contributed by atoms with Crippen LogP contribution in [-0.4, -0.2) is 37.2 Å². The molecule has 0 aromatic rings. The summed E-state index contributed by atoms with van der Waals surface area (Å²) in [4.78, 5) is 38.2. The van der Waals surface area contributed by atoms with Crippen molar-refractivity contribution in [3.8, 4) is 0 Å². The maximum absolute atomic E-state index is 12.8. The summed E-state index contributed by atoms with van der Waals surface area (Å²) in [7, 11) is 0. The zero-order valence-corrected chi connectivity index (χ0v) is 51.3. The number of unbranched alkanes of at least 4 members (excludes halogenated alkanes) is 17. The third-order valence-corrected chi connectivity index (χ3v) is 12.9. The summed E-state index contributed by atoms with van der Waals surface area (Å²) in [5.74, 6) is -0.977. The molecule has 1 atom stereocenters. The van der Waals surface area contributed by atoms with Crippen LogP contribution < -0.4 is 0 Å². The number of carbonyl (C=O) groups excluding carboxylic acids is 3. The van der Waals surface area contributed by atoms with Gasteiger partial charge in [0.25, 0.3) is 0 Å². The number of rotatable bonds is 56. The highest BCUT2D eigenvalue weighted by molar-refractivity contribution is 5.71. The summed E-state index contributed by atoms with van der Waals surface area (Å²) >= 11 is 0. The maximum Gasteiger partial charge on any atom is 0.306 e. The molecule has 0 aliphatic heterocycles. The first-order chi connectivity index (χ1) is 39.5. The molecule has 0 saturated carbocycles. The molecule has 0 aliphatic rings. The van der Waals surface area contributed by atoms with E-state index in [4.69, 9.17) is 14.2 Å². The molecule has 0 fully saturated rings. The number of ether oxygens (including phenoxy) is 3. The van der Waals surface area contributed by atoms with Gasteiger partial charge in [-0.25, -0.2) is 0 Å². The lowest BCUT2D eigenvalue weighted by atomic mass is 10.1. The molecule has 0 aliphatic carbocycles. The van der Waals surface area contributed by atoms with Gasteiger partial charge in [-0.2, -0.15) is 0 Å². The molecule has 0 amide bonds. The smallest absolute Gasteiger partial charge is 0.306 e. The first-order valence-corrected chi connectivity index (χ1v) is 32.1. The van der Waals surface area contributed by atoms with Gasteiger partial charge in [-0.05, 0) is 154 Å². The number of esters is 3. The van der Waals surface area contributed by atoms with Crippen LogP contribution in [0, 0.1) is 0 Å². The van der Waals surface area contributed by atoms with E-state index in [1.807, 2.05) is 0 Å². The zero-order chi connectivity index (χ0) is 57.8. The number of hydrogen-bond donors (Lipinski definition) is 0. The molecule has 0 bridgehead atoms. The molecule has 6 heteroatoms. The van der Waals surface area contributed by atoms with Crippen LogP contribution in [0.4, 0.5) is 0 Å². The van der Waals surface area contributed by atoms with E-state index in [9.17, 15) is 14.4 Å². The van der Waals surface area contributed by atoms with Gasteiger partial charge in [0.2, 0.25) is 0 Å². The largest absolute Gasteiger partial charge is 0.462 e. The number of carbonyl (C=O) groups is 3. The molecule has 0 heterocycles. The fourth-order valence-electron chi connectivity index (χ4n) is 8.18. The predicted octanol–water partition coefficient (Wildman–Crippen LogP) is 22.3. The highest BCUT2D eigenvalue weighted by atomic mass is 16.6. The standard InChI is InChI=1S/C74H116O6/c1-4-7-10-13-16-19-22-25-27-28-29-30-31-32-33-34-35-36-37-38-39-40-41-42-43-44-45-46-48-49-52-55-58-61-64-67-73(76)79-70-71(69-78-72(75)66-63-60-57-54-51-24-21-18-15-12-9-6-3)80-74(77)68-65-62-59-56-53-50-47-26-23-20-17-14-11-8-5-2/h7-8,10-11,16-21,25-27,29-30,32-33,35-36,38-39,41-42,44-45,47,53,56,71H,4-6,9,12-15,22-24,28,31,34,37,40,43,46,48-52,54-55,57-70H2,1-3H3/b10-7-,11-8-,19-16-,20-17-,21-18-,27-25-,30-29-,33-32-,36-35-,39-38-,42-41-,45-44-,47-26-,56-53-. The van der Waals surface area contributed by atoms with Crippen molar-refractivity contribution in [3.05, 3.63) is 170 Å². The predicted molar refractivity (Wildman–Crippen MR) is 348 cm³/mol. The number of hydrogen-bond acceptors (Lipinski definition) is 6. The second kappa shape index (κ2) is 66.3. The molecule has 448 valence electrons. The molecule has 0 aromatic heterocycles. The Kier molecular flexibility index (Phi) is 61.9. The van der Waals surface area contributed by atoms with E-state index in [-0.39, 0.29) is 37.5 Å². The molecule has 0 N–H and O–H groups in total. The van der Waals surface area contributed by atoms with E-state index in [1.165, 1.54) is 57.8 Å². The van der Waals surface area contributed by atoms with Crippen LogP contribution in [0.2, 0.25) is 0 Å². The van der Waals surface area contributed by atoms with Gasteiger partial charge in [0.15, 0.2) is 6.10 Å². The molecular formula is C74H116O6. The fourth-order valence-corrected chi connectivity index (χ4v) is 8.18. The van der Waals surface area contributed by atoms with Gasteiger partial charge in [-0.15, -0.1) is 0 Å². The van der Waals surface area contributed by atoms with Crippen molar-refractivity contribution in [1.29, 1.82) is 0 Å². The minimum Gasteiger partial charge on any atom is -0.462 e. The molecule has 1 unspecified atom stereocenters. The van der Waals surface area contributed by atoms with Crippen LogP contribution in [0.25, 0.3) is 0 Å². The van der Waals surface area contributed by atoms with Crippen LogP contribution >= 0.6 is 0 Å². The highest BCUT2D eigenvalue weighted by Gasteiger charge is 2.19. The van der Waals surface area contributed by atoms with E-state index >= 15 is 0 Å². The van der Waals surface area contributed by atoms with Crippen molar-refractivity contribution >= 4 is 17.9 Å². The Hall–Kier alpha value is -5.23. The van der Waals surface area contributed by atoms with Crippen molar-refractivity contribution in [3.63, 3.8) is 0 Å². The lowest BCUT2D eigenvalue weighted by Crippen LogP contribution is -2.30. The van der Waals surface area contributed by atoms with Crippen LogP contribution in [-0.2, 0) is 28.6 Å². The highest BCUT2D eigenvalue weighted by Crippen LogP contribution is 2.14. The van der Waals surface area contributed by atoms with Crippen molar-refractivity contribution in [2.45, 2.75) is 264 Å². The Morgan fingerprint density at radius 3 is 0.800 bits per heavy atom. The van der Waals surface area contributed by atoms with E-state index < -0.39 is 6.10 Å². The summed E-state index contributed by atoms with van der Waals surface area (Å²) in [5, 5.41) is 0. The molecule has 80 heavy (non-hydrogen) atoms. The first kappa shape index (κ1) is 74.8. The maximum atomic E-state index is 12.8. The third-order valence-electron chi connectivity index (χ3n) is 12.9. The monoisotopic (exact) mass is 1100 g/mol.